The number of aryl methyl sites for hydroxylation is 1. The third kappa shape index (κ3) is 9.58. The summed E-state index contributed by atoms with van der Waals surface area (Å²) in [4.78, 5) is 45.2. The minimum Gasteiger partial charge on any atom is -0.340 e. The van der Waals surface area contributed by atoms with Gasteiger partial charge in [-0.2, -0.15) is 16.8 Å². The van der Waals surface area contributed by atoms with Crippen LogP contribution in [0.25, 0.3) is 23.6 Å². The number of carbonyl (C=O) groups is 3. The van der Waals surface area contributed by atoms with Gasteiger partial charge >= 0.3 is 5.97 Å². The second-order valence-electron chi connectivity index (χ2n) is 13.2. The van der Waals surface area contributed by atoms with Gasteiger partial charge < -0.3 is 9.40 Å². The quantitative estimate of drug-likeness (QED) is 0.0854. The number of rotatable bonds is 16. The van der Waals surface area contributed by atoms with Gasteiger partial charge in [-0.15, -0.1) is 5.06 Å². The molecule has 2 aliphatic heterocycles. The fourth-order valence-electron chi connectivity index (χ4n) is 6.58. The number of aliphatic imine (C=N–C) groups is 1. The average Bonchev–Trinajstić information content (AvgIpc) is 3.65. The van der Waals surface area contributed by atoms with Gasteiger partial charge in [-0.25, -0.2) is 4.79 Å². The van der Waals surface area contributed by atoms with Gasteiger partial charge in [0.25, 0.3) is 32.1 Å². The van der Waals surface area contributed by atoms with Crippen LogP contribution in [0.1, 0.15) is 70.3 Å². The lowest BCUT2D eigenvalue weighted by atomic mass is 9.75. The van der Waals surface area contributed by atoms with Crippen LogP contribution in [-0.4, -0.2) is 64.8 Å². The Morgan fingerprint density at radius 1 is 0.981 bits per heavy atom. The van der Waals surface area contributed by atoms with Crippen molar-refractivity contribution in [2.75, 3.05) is 5.75 Å². The number of hydrogen-bond acceptors (Lipinski definition) is 9. The first-order valence-electron chi connectivity index (χ1n) is 17.0. The maximum Gasteiger partial charge on any atom is 0.333 e. The highest BCUT2D eigenvalue weighted by Crippen LogP contribution is 2.45. The number of fused-ring (bicyclic) bond motifs is 2. The van der Waals surface area contributed by atoms with Crippen LogP contribution in [0.2, 0.25) is 5.02 Å². The highest BCUT2D eigenvalue weighted by atomic mass is 35.5. The van der Waals surface area contributed by atoms with Crippen LogP contribution in [-0.2, 0) is 51.4 Å². The second-order valence-corrected chi connectivity index (χ2v) is 16.6. The van der Waals surface area contributed by atoms with E-state index in [-0.39, 0.29) is 36.3 Å². The number of hydroxylamine groups is 2. The van der Waals surface area contributed by atoms with E-state index in [0.717, 1.165) is 21.5 Å². The molecule has 282 valence electrons. The Hall–Kier alpha value is -4.41. The van der Waals surface area contributed by atoms with Gasteiger partial charge in [0.05, 0.1) is 22.0 Å². The van der Waals surface area contributed by atoms with Crippen LogP contribution < -0.4 is 10.6 Å². The van der Waals surface area contributed by atoms with Gasteiger partial charge in [0, 0.05) is 57.7 Å². The summed E-state index contributed by atoms with van der Waals surface area (Å²) in [5.41, 5.74) is 2.00. The lowest BCUT2D eigenvalue weighted by molar-refractivity contribution is -0.197. The molecule has 0 aliphatic carbocycles. The molecule has 53 heavy (non-hydrogen) atoms. The van der Waals surface area contributed by atoms with Gasteiger partial charge in [-0.1, -0.05) is 49.2 Å². The molecule has 2 aliphatic rings. The molecule has 2 amide bonds. The van der Waals surface area contributed by atoms with E-state index >= 15 is 0 Å². The molecule has 0 radical (unpaired) electrons. The minimum absolute atomic E-state index is 0.00492. The first-order chi connectivity index (χ1) is 25.0. The minimum atomic E-state index is -4.47. The SMILES string of the molecule is C=c1c(=CC=CC=CC2=Nc3ccc(S(=O)(=O)O)cc3C2(C)CCCCCC(=O)ON2C(=O)CCC2=O)n(CCCCS(=O)(=O)O)c2ccc(Cl)cc12. The van der Waals surface area contributed by atoms with E-state index in [2.05, 4.69) is 6.58 Å². The molecular weight excluding hydrogens is 746 g/mol. The van der Waals surface area contributed by atoms with Crippen LogP contribution in [0, 0.1) is 0 Å². The largest absolute Gasteiger partial charge is 0.340 e. The van der Waals surface area contributed by atoms with Crippen molar-refractivity contribution in [1.29, 1.82) is 0 Å². The van der Waals surface area contributed by atoms with E-state index in [1.54, 1.807) is 18.2 Å². The Morgan fingerprint density at radius 3 is 2.42 bits per heavy atom. The fourth-order valence-corrected chi connectivity index (χ4v) is 7.83. The maximum atomic E-state index is 12.2. The third-order valence-corrected chi connectivity index (χ3v) is 11.3. The summed E-state index contributed by atoms with van der Waals surface area (Å²) in [5, 5.41) is 3.48. The third-order valence-electron chi connectivity index (χ3n) is 9.36. The van der Waals surface area contributed by atoms with Gasteiger partial charge in [-0.05, 0) is 86.7 Å². The molecule has 5 rings (SSSR count). The van der Waals surface area contributed by atoms with Crippen LogP contribution in [0.4, 0.5) is 5.69 Å². The number of benzene rings is 2. The van der Waals surface area contributed by atoms with Crippen molar-refractivity contribution in [2.45, 2.75) is 81.6 Å². The molecule has 3 heterocycles. The van der Waals surface area contributed by atoms with Crippen molar-refractivity contribution in [3.05, 3.63) is 81.9 Å². The zero-order valence-corrected chi connectivity index (χ0v) is 31.4. The van der Waals surface area contributed by atoms with Gasteiger partial charge in [0.2, 0.25) is 0 Å². The van der Waals surface area contributed by atoms with E-state index in [1.165, 1.54) is 12.1 Å². The van der Waals surface area contributed by atoms with E-state index in [9.17, 15) is 35.8 Å². The van der Waals surface area contributed by atoms with Crippen molar-refractivity contribution in [1.82, 2.24) is 9.63 Å². The Kier molecular flexibility index (Phi) is 12.2. The molecule has 13 nitrogen and oxygen atoms in total. The van der Waals surface area contributed by atoms with E-state index < -0.39 is 43.4 Å². The van der Waals surface area contributed by atoms with Crippen LogP contribution >= 0.6 is 11.6 Å². The molecule has 16 heteroatoms. The molecule has 1 saturated heterocycles. The summed E-state index contributed by atoms with van der Waals surface area (Å²) in [6.07, 6.45) is 12.1. The number of aromatic nitrogens is 1. The number of carbonyl (C=O) groups excluding carboxylic acids is 3. The van der Waals surface area contributed by atoms with Crippen molar-refractivity contribution in [3.8, 4) is 0 Å². The normalized spacial score (nSPS) is 18.2. The summed E-state index contributed by atoms with van der Waals surface area (Å²) in [6, 6.07) is 9.75. The zero-order chi connectivity index (χ0) is 38.6. The maximum absolute atomic E-state index is 12.2. The van der Waals surface area contributed by atoms with Crippen LogP contribution in [0.3, 0.4) is 0 Å². The molecule has 1 atom stereocenters. The first-order valence-corrected chi connectivity index (χ1v) is 20.5. The predicted molar refractivity (Wildman–Crippen MR) is 201 cm³/mol. The molecule has 2 N–H and O–H groups in total. The number of amides is 2. The fraction of sp³-hybridized carbons (Fsp3) is 0.351. The molecular formula is C37H40ClN3O10S2. The summed E-state index contributed by atoms with van der Waals surface area (Å²) in [7, 11) is -8.54. The summed E-state index contributed by atoms with van der Waals surface area (Å²) >= 11 is 6.26. The number of allylic oxidation sites excluding steroid dienone is 4. The smallest absolute Gasteiger partial charge is 0.333 e. The first kappa shape index (κ1) is 39.8. The summed E-state index contributed by atoms with van der Waals surface area (Å²) in [6.45, 7) is 6.67. The highest BCUT2D eigenvalue weighted by molar-refractivity contribution is 7.86. The number of unbranched alkanes of at least 4 members (excludes halogenated alkanes) is 3. The Balaban J connectivity index is 1.32. The number of imide groups is 1. The Labute approximate surface area is 312 Å². The summed E-state index contributed by atoms with van der Waals surface area (Å²) in [5.74, 6) is -2.09. The molecule has 2 aromatic carbocycles. The van der Waals surface area contributed by atoms with Crippen molar-refractivity contribution in [2.24, 2.45) is 4.99 Å². The Morgan fingerprint density at radius 2 is 1.72 bits per heavy atom. The highest BCUT2D eigenvalue weighted by Gasteiger charge is 2.38. The van der Waals surface area contributed by atoms with Crippen molar-refractivity contribution in [3.63, 3.8) is 0 Å². The molecule has 0 bridgehead atoms. The standard InChI is InChI=1S/C37H40ClN3O10S2/c1-25-28-23-26(38)14-17-32(28)40(21-9-10-22-52(45,46)47)31(25)11-5-3-6-12-33-37(2,29-24-27(53(48,49)50)15-16-30(29)39-33)20-8-4-7-13-36(44)51-41-34(42)18-19-35(41)43/h3,5-6,11-12,14-17,23-24H,1,4,7-10,13,18-22H2,2H3,(H,45,46,47)(H,48,49,50). The summed E-state index contributed by atoms with van der Waals surface area (Å²) < 4.78 is 67.3. The lowest BCUT2D eigenvalue weighted by Gasteiger charge is -2.27. The lowest BCUT2D eigenvalue weighted by Crippen LogP contribution is -2.32. The van der Waals surface area contributed by atoms with E-state index in [0.29, 0.717) is 65.7 Å². The number of halogens is 1. The number of nitrogens with zero attached hydrogens (tertiary/aromatic N) is 3. The predicted octanol–water partition coefficient (Wildman–Crippen LogP) is 5.11. The molecule has 1 fully saturated rings. The topological polar surface area (TPSA) is 190 Å². The zero-order valence-electron chi connectivity index (χ0n) is 29.0. The Bertz CT molecular complexity index is 2370. The molecule has 0 saturated carbocycles. The monoisotopic (exact) mass is 785 g/mol. The van der Waals surface area contributed by atoms with Gasteiger partial charge in [-0.3, -0.25) is 23.7 Å². The number of hydrogen-bond donors (Lipinski definition) is 2. The van der Waals surface area contributed by atoms with E-state index in [1.807, 2.05) is 47.9 Å². The van der Waals surface area contributed by atoms with Crippen molar-refractivity contribution < 1.29 is 45.2 Å². The second kappa shape index (κ2) is 16.3. The molecule has 0 spiro atoms. The van der Waals surface area contributed by atoms with Crippen LogP contribution in [0.5, 0.6) is 0 Å². The average molecular weight is 786 g/mol. The van der Waals surface area contributed by atoms with E-state index in [4.69, 9.17) is 26.0 Å². The van der Waals surface area contributed by atoms with Crippen molar-refractivity contribution >= 4 is 84.6 Å². The molecule has 3 aromatic rings. The van der Waals surface area contributed by atoms with Crippen LogP contribution in [0.15, 0.2) is 70.6 Å². The molecule has 1 aromatic heterocycles. The van der Waals surface area contributed by atoms with Gasteiger partial charge in [0.15, 0.2) is 0 Å². The van der Waals surface area contributed by atoms with Gasteiger partial charge in [0.1, 0.15) is 0 Å². The molecule has 1 unspecified atom stereocenters.